The molecule has 3 amide bonds. The summed E-state index contributed by atoms with van der Waals surface area (Å²) in [6, 6.07) is 12.3. The number of benzene rings is 2. The van der Waals surface area contributed by atoms with E-state index in [2.05, 4.69) is 16.4 Å². The number of carbonyl (C=O) groups excluding carboxylic acids is 3. The normalized spacial score (nSPS) is 21.1. The number of aryl methyl sites for hydroxylation is 2. The molecule has 44 heavy (non-hydrogen) atoms. The molecule has 5 N–H and O–H groups in total. The Balaban J connectivity index is 1.46. The smallest absolute Gasteiger partial charge is 0.366 e. The van der Waals surface area contributed by atoms with Crippen LogP contribution in [0.1, 0.15) is 87.9 Å². The van der Waals surface area contributed by atoms with Crippen molar-refractivity contribution >= 4 is 17.7 Å². The summed E-state index contributed by atoms with van der Waals surface area (Å²) in [6.07, 6.45) is 3.06. The van der Waals surface area contributed by atoms with Crippen molar-refractivity contribution in [2.45, 2.75) is 69.5 Å². The van der Waals surface area contributed by atoms with Crippen LogP contribution in [0.4, 0.5) is 0 Å². The summed E-state index contributed by atoms with van der Waals surface area (Å²) < 4.78 is 7.10. The van der Waals surface area contributed by atoms with E-state index in [4.69, 9.17) is 16.0 Å². The minimum atomic E-state index is -1.08. The molecule has 2 heterocycles. The third-order valence-electron chi connectivity index (χ3n) is 9.29. The summed E-state index contributed by atoms with van der Waals surface area (Å²) in [6.45, 7) is 4.15. The van der Waals surface area contributed by atoms with Crippen LogP contribution < -0.4 is 22.5 Å². The molecule has 3 atom stereocenters. The van der Waals surface area contributed by atoms with Crippen molar-refractivity contribution in [1.82, 2.24) is 19.9 Å². The summed E-state index contributed by atoms with van der Waals surface area (Å²) in [7, 11) is 0. The zero-order valence-electron chi connectivity index (χ0n) is 24.7. The van der Waals surface area contributed by atoms with Crippen LogP contribution in [0.15, 0.2) is 45.7 Å². The van der Waals surface area contributed by atoms with Crippen molar-refractivity contribution in [1.29, 1.82) is 5.26 Å². The minimum absolute atomic E-state index is 0.0498. The van der Waals surface area contributed by atoms with Gasteiger partial charge < -0.3 is 26.2 Å². The Hall–Kier alpha value is -4.76. The van der Waals surface area contributed by atoms with Crippen molar-refractivity contribution in [2.75, 3.05) is 13.1 Å². The molecule has 12 heteroatoms. The van der Waals surface area contributed by atoms with Crippen molar-refractivity contribution in [2.24, 2.45) is 17.4 Å². The second-order valence-corrected chi connectivity index (χ2v) is 12.3. The fourth-order valence-corrected chi connectivity index (χ4v) is 7.19. The Morgan fingerprint density at radius 1 is 1.07 bits per heavy atom. The Morgan fingerprint density at radius 2 is 1.68 bits per heavy atom. The molecule has 2 aliphatic carbocycles. The number of aromatic nitrogens is 2. The third-order valence-corrected chi connectivity index (χ3v) is 9.29. The maximum atomic E-state index is 13.2. The molecule has 1 saturated carbocycles. The van der Waals surface area contributed by atoms with Gasteiger partial charge in [-0.2, -0.15) is 15.0 Å². The average Bonchev–Trinajstić information content (AvgIpc) is 3.52. The van der Waals surface area contributed by atoms with Crippen LogP contribution in [0.5, 0.6) is 0 Å². The molecule has 0 unspecified atom stereocenters. The fourth-order valence-electron chi connectivity index (χ4n) is 7.19. The van der Waals surface area contributed by atoms with E-state index in [-0.39, 0.29) is 24.5 Å². The minimum Gasteiger partial charge on any atom is -0.366 e. The van der Waals surface area contributed by atoms with Crippen molar-refractivity contribution in [3.05, 3.63) is 86.2 Å². The molecule has 6 rings (SSSR count). The summed E-state index contributed by atoms with van der Waals surface area (Å²) in [5.74, 6) is -1.20. The molecule has 1 aliphatic heterocycles. The number of rotatable bonds is 9. The summed E-state index contributed by atoms with van der Waals surface area (Å²) in [4.78, 5) is 56.4. The molecule has 0 radical (unpaired) electrons. The van der Waals surface area contributed by atoms with E-state index in [1.54, 1.807) is 29.2 Å². The summed E-state index contributed by atoms with van der Waals surface area (Å²) in [5, 5.41) is 12.8. The quantitative estimate of drug-likeness (QED) is 0.309. The van der Waals surface area contributed by atoms with Crippen molar-refractivity contribution < 1.29 is 18.9 Å². The van der Waals surface area contributed by atoms with Gasteiger partial charge in [0.05, 0.1) is 24.1 Å². The van der Waals surface area contributed by atoms with E-state index in [0.717, 1.165) is 35.1 Å². The van der Waals surface area contributed by atoms with Crippen LogP contribution >= 0.6 is 0 Å². The third kappa shape index (κ3) is 4.87. The van der Waals surface area contributed by atoms with Crippen LogP contribution in [-0.2, 0) is 23.1 Å². The summed E-state index contributed by atoms with van der Waals surface area (Å²) >= 11 is 0. The molecule has 1 aromatic heterocycles. The van der Waals surface area contributed by atoms with Gasteiger partial charge in [0.2, 0.25) is 17.7 Å². The van der Waals surface area contributed by atoms with Crippen molar-refractivity contribution in [3.63, 3.8) is 0 Å². The number of nitrogens with two attached hydrogens (primary N) is 2. The Kier molecular flexibility index (Phi) is 7.37. The first-order valence-corrected chi connectivity index (χ1v) is 14.9. The first-order valence-electron chi connectivity index (χ1n) is 14.9. The van der Waals surface area contributed by atoms with Gasteiger partial charge in [-0.05, 0) is 105 Å². The number of primary amides is 2. The van der Waals surface area contributed by atoms with Crippen molar-refractivity contribution in [3.8, 4) is 6.07 Å². The fraction of sp³-hybridized carbons (Fsp3) is 0.438. The molecule has 12 nitrogen and oxygen atoms in total. The molecular weight excluding hydrogens is 562 g/mol. The first kappa shape index (κ1) is 29.3. The SMILES string of the molecule is CC(C)n1oc(=O)nc1C1(CCNCC(=O)N2[C@H](C#N)C[C@@H]3C[C@@H]32)c2ccc(C(N)=O)cc2CCc2cc(C(N)=O)ccc21. The van der Waals surface area contributed by atoms with Gasteiger partial charge in [-0.3, -0.25) is 14.4 Å². The molecule has 2 aromatic carbocycles. The Morgan fingerprint density at radius 3 is 2.23 bits per heavy atom. The van der Waals surface area contributed by atoms with Gasteiger partial charge in [-0.25, -0.2) is 4.79 Å². The molecule has 3 aliphatic rings. The molecule has 3 aromatic rings. The lowest BCUT2D eigenvalue weighted by Crippen LogP contribution is -2.44. The lowest BCUT2D eigenvalue weighted by atomic mass is 9.69. The number of carbonyl (C=O) groups is 3. The van der Waals surface area contributed by atoms with Gasteiger partial charge in [0.1, 0.15) is 6.04 Å². The number of hydrogen-bond donors (Lipinski definition) is 3. The number of nitrogens with zero attached hydrogens (tertiary/aromatic N) is 4. The highest BCUT2D eigenvalue weighted by atomic mass is 16.5. The number of nitriles is 1. The Bertz CT molecular complexity index is 1700. The van der Waals surface area contributed by atoms with E-state index in [0.29, 0.717) is 48.7 Å². The number of hydrogen-bond acceptors (Lipinski definition) is 8. The first-order chi connectivity index (χ1) is 21.0. The number of amides is 3. The molecule has 2 fully saturated rings. The molecular formula is C32H35N7O5. The maximum Gasteiger partial charge on any atom is 0.459 e. The van der Waals surface area contributed by atoms with E-state index in [9.17, 15) is 24.4 Å². The second-order valence-electron chi connectivity index (χ2n) is 12.3. The topological polar surface area (TPSA) is 190 Å². The van der Waals surface area contributed by atoms with E-state index < -0.39 is 29.0 Å². The molecule has 1 saturated heterocycles. The van der Waals surface area contributed by atoms with Gasteiger partial charge >= 0.3 is 5.76 Å². The molecule has 0 bridgehead atoms. The van der Waals surface area contributed by atoms with E-state index >= 15 is 0 Å². The lowest BCUT2D eigenvalue weighted by molar-refractivity contribution is -0.131. The highest BCUT2D eigenvalue weighted by molar-refractivity contribution is 5.94. The predicted octanol–water partition coefficient (Wildman–Crippen LogP) is 1.54. The van der Waals surface area contributed by atoms with Gasteiger partial charge in [-0.15, -0.1) is 0 Å². The predicted molar refractivity (Wildman–Crippen MR) is 159 cm³/mol. The summed E-state index contributed by atoms with van der Waals surface area (Å²) in [5.41, 5.74) is 14.2. The number of nitrogens with one attached hydrogen (secondary N) is 1. The number of fused-ring (bicyclic) bond motifs is 3. The highest BCUT2D eigenvalue weighted by Gasteiger charge is 2.54. The van der Waals surface area contributed by atoms with Crippen LogP contribution in [0, 0.1) is 17.2 Å². The standard InChI is InChI=1S/C32H35N7O5/c1-17(2)39-30(37-31(43)44-39)32(9-10-36-16-27(40)38-23(15-33)13-22-14-26(22)38)24-7-5-20(28(34)41)11-18(24)3-4-19-12-21(29(35)42)6-8-25(19)32/h5-8,11-12,17,22-23,26,36H,3-4,9-10,13-14,16H2,1-2H3,(H2,34,41)(H2,35,42)/t22-,23+,26+/m1/s1. The number of piperidine rings is 1. The zero-order valence-corrected chi connectivity index (χ0v) is 24.7. The van der Waals surface area contributed by atoms with Crippen LogP contribution in [0.2, 0.25) is 0 Å². The largest absolute Gasteiger partial charge is 0.459 e. The molecule has 0 spiro atoms. The number of likely N-dealkylation sites (tertiary alicyclic amines) is 1. The monoisotopic (exact) mass is 597 g/mol. The molecule has 228 valence electrons. The zero-order chi connectivity index (χ0) is 31.3. The van der Waals surface area contributed by atoms with Crippen LogP contribution in [0.3, 0.4) is 0 Å². The second kappa shape index (κ2) is 11.1. The van der Waals surface area contributed by atoms with Crippen LogP contribution in [-0.4, -0.2) is 57.5 Å². The highest BCUT2D eigenvalue weighted by Crippen LogP contribution is 2.48. The van der Waals surface area contributed by atoms with Gasteiger partial charge in [-0.1, -0.05) is 12.1 Å². The van der Waals surface area contributed by atoms with E-state index in [1.165, 1.54) is 4.74 Å². The Labute approximate surface area is 254 Å². The average molecular weight is 598 g/mol. The van der Waals surface area contributed by atoms with E-state index in [1.807, 2.05) is 26.0 Å². The lowest BCUT2D eigenvalue weighted by Gasteiger charge is -2.36. The van der Waals surface area contributed by atoms with Crippen LogP contribution in [0.25, 0.3) is 0 Å². The van der Waals surface area contributed by atoms with Gasteiger partial charge in [0.25, 0.3) is 0 Å². The maximum absolute atomic E-state index is 13.2. The van der Waals surface area contributed by atoms with Gasteiger partial charge in [0, 0.05) is 17.2 Å². The van der Waals surface area contributed by atoms with Gasteiger partial charge in [0.15, 0.2) is 5.82 Å².